The summed E-state index contributed by atoms with van der Waals surface area (Å²) in [4.78, 5) is 53.8. The van der Waals surface area contributed by atoms with Crippen LogP contribution in [0, 0.1) is 35.5 Å². The van der Waals surface area contributed by atoms with E-state index in [1.165, 1.54) is 17.9 Å². The highest BCUT2D eigenvalue weighted by Crippen LogP contribution is 2.65. The highest BCUT2D eigenvalue weighted by molar-refractivity contribution is 6.24. The Morgan fingerprint density at radius 1 is 0.879 bits per heavy atom. The molecule has 4 aliphatic carbocycles. The Morgan fingerprint density at radius 2 is 1.45 bits per heavy atom. The molecule has 6 heteroatoms. The van der Waals surface area contributed by atoms with E-state index in [2.05, 4.69) is 12.2 Å². The van der Waals surface area contributed by atoms with Crippen LogP contribution in [0.4, 0.5) is 5.69 Å². The van der Waals surface area contributed by atoms with Crippen LogP contribution in [0.25, 0.3) is 0 Å². The van der Waals surface area contributed by atoms with E-state index in [1.54, 1.807) is 48.5 Å². The van der Waals surface area contributed by atoms with E-state index in [0.29, 0.717) is 17.4 Å². The van der Waals surface area contributed by atoms with Gasteiger partial charge in [0, 0.05) is 5.56 Å². The number of ketones is 1. The number of hydrogen-bond acceptors (Lipinski definition) is 5. The van der Waals surface area contributed by atoms with Crippen molar-refractivity contribution in [2.45, 2.75) is 19.4 Å². The normalized spacial score (nSPS) is 31.7. The molecule has 1 aliphatic heterocycles. The third kappa shape index (κ3) is 2.93. The number of imide groups is 1. The monoisotopic (exact) mass is 441 g/mol. The molecular weight excluding hydrogens is 418 g/mol. The Kier molecular flexibility index (Phi) is 4.41. The zero-order chi connectivity index (χ0) is 22.9. The molecule has 5 aliphatic rings. The topological polar surface area (TPSA) is 80.8 Å². The zero-order valence-electron chi connectivity index (χ0n) is 18.1. The lowest BCUT2D eigenvalue weighted by molar-refractivity contribution is -0.124. The summed E-state index contributed by atoms with van der Waals surface area (Å²) >= 11 is 0. The molecule has 0 radical (unpaired) electrons. The Labute approximate surface area is 191 Å². The third-order valence-corrected chi connectivity index (χ3v) is 7.74. The van der Waals surface area contributed by atoms with Gasteiger partial charge in [-0.05, 0) is 49.1 Å². The highest BCUT2D eigenvalue weighted by atomic mass is 16.5. The van der Waals surface area contributed by atoms with Crippen molar-refractivity contribution in [3.63, 3.8) is 0 Å². The van der Waals surface area contributed by atoms with E-state index in [-0.39, 0.29) is 52.5 Å². The van der Waals surface area contributed by atoms with Crippen molar-refractivity contribution in [3.8, 4) is 0 Å². The Hall–Kier alpha value is -3.54. The van der Waals surface area contributed by atoms with E-state index in [4.69, 9.17) is 4.74 Å². The van der Waals surface area contributed by atoms with Crippen LogP contribution in [0.15, 0.2) is 66.7 Å². The number of benzene rings is 2. The van der Waals surface area contributed by atoms with Crippen LogP contribution >= 0.6 is 0 Å². The number of nitrogens with zero attached hydrogens (tertiary/aromatic N) is 1. The molecule has 0 N–H and O–H groups in total. The van der Waals surface area contributed by atoms with Crippen LogP contribution < -0.4 is 4.90 Å². The summed E-state index contributed by atoms with van der Waals surface area (Å²) in [6.45, 7) is 1.52. The minimum Gasteiger partial charge on any atom is -0.451 e. The van der Waals surface area contributed by atoms with Crippen LogP contribution in [0.3, 0.4) is 0 Å². The first kappa shape index (κ1) is 20.1. The van der Waals surface area contributed by atoms with Crippen molar-refractivity contribution in [2.24, 2.45) is 35.5 Å². The van der Waals surface area contributed by atoms with Crippen LogP contribution in [0.2, 0.25) is 0 Å². The minimum absolute atomic E-state index is 0.106. The number of Topliss-reactive ketones (excluding diaryl/α,β-unsaturated/α-hetero) is 1. The van der Waals surface area contributed by atoms with Gasteiger partial charge in [0.2, 0.25) is 17.6 Å². The van der Waals surface area contributed by atoms with Gasteiger partial charge in [0.1, 0.15) is 0 Å². The molecule has 1 heterocycles. The second-order valence-corrected chi connectivity index (χ2v) is 9.46. The molecule has 166 valence electrons. The van der Waals surface area contributed by atoms with E-state index in [9.17, 15) is 19.2 Å². The van der Waals surface area contributed by atoms with Gasteiger partial charge in [-0.25, -0.2) is 9.69 Å². The van der Waals surface area contributed by atoms with Gasteiger partial charge in [0.15, 0.2) is 6.10 Å². The van der Waals surface area contributed by atoms with Crippen molar-refractivity contribution in [1.82, 2.24) is 0 Å². The smallest absolute Gasteiger partial charge is 0.340 e. The fourth-order valence-electron chi connectivity index (χ4n) is 6.15. The number of ether oxygens (including phenoxy) is 1. The summed E-state index contributed by atoms with van der Waals surface area (Å²) in [7, 11) is 0. The number of amides is 2. The predicted octanol–water partition coefficient (Wildman–Crippen LogP) is 3.67. The molecule has 2 amide bonds. The number of carbonyl (C=O) groups is 4. The van der Waals surface area contributed by atoms with Crippen molar-refractivity contribution < 1.29 is 23.9 Å². The van der Waals surface area contributed by atoms with Crippen LogP contribution in [-0.4, -0.2) is 29.7 Å². The van der Waals surface area contributed by atoms with Crippen LogP contribution in [0.1, 0.15) is 34.1 Å². The standard InChI is InChI=1S/C27H23NO5/c1-14(24(29)15-7-3-2-4-8-15)33-27(32)18-9-5-6-10-21(18)28-25(30)22-16-11-12-17(20-13-19(16)20)23(22)26(28)31/h2-12,14,16-17,19-20,22-23H,13H2,1H3/t14-,16+,17+,19+,20+,22-,23-/m0/s1. The number of para-hydroxylation sites is 1. The van der Waals surface area contributed by atoms with Crippen LogP contribution in [-0.2, 0) is 14.3 Å². The maximum absolute atomic E-state index is 13.5. The average molecular weight is 441 g/mol. The Morgan fingerprint density at radius 3 is 2.09 bits per heavy atom. The molecule has 6 nitrogen and oxygen atoms in total. The highest BCUT2D eigenvalue weighted by Gasteiger charge is 2.67. The molecule has 3 fully saturated rings. The molecule has 7 atom stereocenters. The average Bonchev–Trinajstić information content (AvgIpc) is 3.62. The van der Waals surface area contributed by atoms with Crippen molar-refractivity contribution in [2.75, 3.05) is 4.90 Å². The SMILES string of the molecule is C[C@H](OC(=O)c1ccccc1N1C(=O)[C@H]2[C@@H]3C=C[C@H]([C@H]4C[C@H]34)[C@@H]2C1=O)C(=O)c1ccccc1. The summed E-state index contributed by atoms with van der Waals surface area (Å²) in [6.07, 6.45) is 4.32. The third-order valence-electron chi connectivity index (χ3n) is 7.74. The lowest BCUT2D eigenvalue weighted by Crippen LogP contribution is -2.40. The predicted molar refractivity (Wildman–Crippen MR) is 119 cm³/mol. The lowest BCUT2D eigenvalue weighted by Gasteiger charge is -2.37. The first-order chi connectivity index (χ1) is 16.0. The van der Waals surface area contributed by atoms with Gasteiger partial charge >= 0.3 is 5.97 Å². The lowest BCUT2D eigenvalue weighted by atomic mass is 9.63. The molecule has 7 rings (SSSR count). The van der Waals surface area contributed by atoms with Gasteiger partial charge < -0.3 is 4.74 Å². The largest absolute Gasteiger partial charge is 0.451 e. The van der Waals surface area contributed by atoms with Crippen molar-refractivity contribution >= 4 is 29.3 Å². The summed E-state index contributed by atoms with van der Waals surface area (Å²) in [5, 5.41) is 0. The molecule has 1 saturated heterocycles. The molecular formula is C27H23NO5. The van der Waals surface area contributed by atoms with Gasteiger partial charge in [-0.2, -0.15) is 0 Å². The fraction of sp³-hybridized carbons (Fsp3) is 0.333. The number of hydrogen-bond donors (Lipinski definition) is 0. The Bertz CT molecular complexity index is 1180. The quantitative estimate of drug-likeness (QED) is 0.306. The number of carbonyl (C=O) groups excluding carboxylic acids is 4. The molecule has 2 bridgehead atoms. The molecule has 0 spiro atoms. The number of anilines is 1. The summed E-state index contributed by atoms with van der Waals surface area (Å²) < 4.78 is 5.47. The van der Waals surface area contributed by atoms with Gasteiger partial charge in [-0.15, -0.1) is 0 Å². The summed E-state index contributed by atoms with van der Waals surface area (Å²) in [6, 6.07) is 15.1. The van der Waals surface area contributed by atoms with E-state index in [1.807, 2.05) is 0 Å². The van der Waals surface area contributed by atoms with E-state index >= 15 is 0 Å². The molecule has 0 aromatic heterocycles. The Balaban J connectivity index is 1.27. The number of rotatable bonds is 5. The number of esters is 1. The van der Waals surface area contributed by atoms with E-state index in [0.717, 1.165) is 6.42 Å². The van der Waals surface area contributed by atoms with Crippen molar-refractivity contribution in [1.29, 1.82) is 0 Å². The van der Waals surface area contributed by atoms with Gasteiger partial charge in [0.05, 0.1) is 23.1 Å². The van der Waals surface area contributed by atoms with Crippen molar-refractivity contribution in [3.05, 3.63) is 77.9 Å². The molecule has 33 heavy (non-hydrogen) atoms. The summed E-state index contributed by atoms with van der Waals surface area (Å²) in [5.41, 5.74) is 0.789. The molecule has 0 unspecified atom stereocenters. The first-order valence-electron chi connectivity index (χ1n) is 11.4. The number of allylic oxidation sites excluding steroid dienone is 2. The second kappa shape index (κ2) is 7.24. The maximum Gasteiger partial charge on any atom is 0.340 e. The summed E-state index contributed by atoms with van der Waals surface area (Å²) in [5.74, 6) is -0.997. The maximum atomic E-state index is 13.5. The van der Waals surface area contributed by atoms with Gasteiger partial charge in [0.25, 0.3) is 0 Å². The zero-order valence-corrected chi connectivity index (χ0v) is 18.1. The molecule has 2 aromatic rings. The van der Waals surface area contributed by atoms with Crippen LogP contribution in [0.5, 0.6) is 0 Å². The molecule has 2 aromatic carbocycles. The second-order valence-electron chi connectivity index (χ2n) is 9.46. The first-order valence-corrected chi connectivity index (χ1v) is 11.4. The van der Waals surface area contributed by atoms with Gasteiger partial charge in [-0.1, -0.05) is 54.6 Å². The molecule has 2 saturated carbocycles. The minimum atomic E-state index is -1.01. The van der Waals surface area contributed by atoms with Gasteiger partial charge in [-0.3, -0.25) is 14.4 Å². The fourth-order valence-corrected chi connectivity index (χ4v) is 6.15. The van der Waals surface area contributed by atoms with E-state index < -0.39 is 12.1 Å².